The van der Waals surface area contributed by atoms with Crippen molar-refractivity contribution in [3.63, 3.8) is 0 Å². The highest BCUT2D eigenvalue weighted by Gasteiger charge is 2.30. The molecule has 20 heavy (non-hydrogen) atoms. The van der Waals surface area contributed by atoms with E-state index in [-0.39, 0.29) is 5.56 Å². The number of hydrogen-bond donors (Lipinski definition) is 0. The lowest BCUT2D eigenvalue weighted by molar-refractivity contribution is -0.154. The Morgan fingerprint density at radius 1 is 1.45 bits per heavy atom. The summed E-state index contributed by atoms with van der Waals surface area (Å²) < 4.78 is 41.9. The lowest BCUT2D eigenvalue weighted by Gasteiger charge is -2.09. The van der Waals surface area contributed by atoms with Crippen LogP contribution >= 0.6 is 0 Å². The van der Waals surface area contributed by atoms with E-state index >= 15 is 0 Å². The number of benzene rings is 1. The first-order valence-corrected chi connectivity index (χ1v) is 5.82. The van der Waals surface area contributed by atoms with Gasteiger partial charge in [-0.05, 0) is 24.1 Å². The Labute approximate surface area is 114 Å². The van der Waals surface area contributed by atoms with Gasteiger partial charge in [0.25, 0.3) is 0 Å². The van der Waals surface area contributed by atoms with Gasteiger partial charge in [-0.3, -0.25) is 0 Å². The molecule has 0 fully saturated rings. The average Bonchev–Trinajstić information content (AvgIpc) is 2.42. The van der Waals surface area contributed by atoms with E-state index in [0.717, 1.165) is 18.3 Å². The third-order valence-electron chi connectivity index (χ3n) is 2.44. The molecule has 0 N–H and O–H groups in total. The molecule has 7 heteroatoms. The van der Waals surface area contributed by atoms with Gasteiger partial charge in [0, 0.05) is 0 Å². The van der Waals surface area contributed by atoms with Crippen LogP contribution in [0.4, 0.5) is 13.2 Å². The molecule has 1 unspecified atom stereocenters. The average molecular weight is 289 g/mol. The van der Waals surface area contributed by atoms with E-state index in [1.165, 1.54) is 19.2 Å². The van der Waals surface area contributed by atoms with Crippen molar-refractivity contribution in [2.45, 2.75) is 25.6 Å². The summed E-state index contributed by atoms with van der Waals surface area (Å²) in [6.45, 7) is 1.70. The summed E-state index contributed by atoms with van der Waals surface area (Å²) in [5.74, 6) is -0.589. The molecular weight excluding hydrogens is 275 g/mol. The number of ether oxygens (including phenoxy) is 1. The molecule has 1 atom stereocenters. The number of carbonyl (C=O) groups is 1. The molecule has 0 aromatic heterocycles. The minimum absolute atomic E-state index is 0.222. The molecule has 4 nitrogen and oxygen atoms in total. The monoisotopic (exact) mass is 289 g/mol. The van der Waals surface area contributed by atoms with Gasteiger partial charge in [0.15, 0.2) is 0 Å². The van der Waals surface area contributed by atoms with Crippen LogP contribution in [0.25, 0.3) is 0 Å². The SMILES string of the molecule is CCC(ON=Cc1cccc(C(F)(F)F)c1)C(=O)OC. The van der Waals surface area contributed by atoms with Crippen molar-refractivity contribution < 1.29 is 27.5 Å². The van der Waals surface area contributed by atoms with Crippen LogP contribution in [-0.4, -0.2) is 25.4 Å². The van der Waals surface area contributed by atoms with Gasteiger partial charge in [0.05, 0.1) is 18.9 Å². The van der Waals surface area contributed by atoms with Gasteiger partial charge >= 0.3 is 12.1 Å². The van der Waals surface area contributed by atoms with Crippen LogP contribution in [-0.2, 0) is 20.5 Å². The van der Waals surface area contributed by atoms with Gasteiger partial charge in [-0.2, -0.15) is 13.2 Å². The third-order valence-corrected chi connectivity index (χ3v) is 2.44. The molecule has 0 aliphatic heterocycles. The summed E-state index contributed by atoms with van der Waals surface area (Å²) in [6, 6.07) is 4.61. The van der Waals surface area contributed by atoms with Crippen molar-refractivity contribution in [1.29, 1.82) is 0 Å². The largest absolute Gasteiger partial charge is 0.466 e. The second-order valence-electron chi connectivity index (χ2n) is 3.88. The van der Waals surface area contributed by atoms with Crippen molar-refractivity contribution in [3.8, 4) is 0 Å². The molecule has 0 bridgehead atoms. The second-order valence-corrected chi connectivity index (χ2v) is 3.88. The number of oxime groups is 1. The van der Waals surface area contributed by atoms with Crippen LogP contribution in [0.15, 0.2) is 29.4 Å². The van der Waals surface area contributed by atoms with Crippen LogP contribution in [0.1, 0.15) is 24.5 Å². The number of esters is 1. The van der Waals surface area contributed by atoms with Crippen molar-refractivity contribution in [2.75, 3.05) is 7.11 Å². The molecule has 0 saturated heterocycles. The van der Waals surface area contributed by atoms with Gasteiger partial charge in [-0.1, -0.05) is 24.2 Å². The Kier molecular flexibility index (Phi) is 5.54. The quantitative estimate of drug-likeness (QED) is 0.475. The van der Waals surface area contributed by atoms with Crippen molar-refractivity contribution in [2.24, 2.45) is 5.16 Å². The maximum absolute atomic E-state index is 12.5. The lowest BCUT2D eigenvalue weighted by Crippen LogP contribution is -2.22. The molecule has 0 spiro atoms. The summed E-state index contributed by atoms with van der Waals surface area (Å²) in [7, 11) is 1.21. The fraction of sp³-hybridized carbons (Fsp3) is 0.385. The normalized spacial score (nSPS) is 13.2. The summed E-state index contributed by atoms with van der Waals surface area (Å²) >= 11 is 0. The first-order chi connectivity index (χ1) is 9.38. The zero-order valence-corrected chi connectivity index (χ0v) is 11.0. The Balaban J connectivity index is 2.73. The second kappa shape index (κ2) is 6.93. The molecule has 0 aliphatic carbocycles. The van der Waals surface area contributed by atoms with Gasteiger partial charge < -0.3 is 9.57 Å². The lowest BCUT2D eigenvalue weighted by atomic mass is 10.1. The van der Waals surface area contributed by atoms with Crippen molar-refractivity contribution in [3.05, 3.63) is 35.4 Å². The number of alkyl halides is 3. The fourth-order valence-corrected chi connectivity index (χ4v) is 1.38. The van der Waals surface area contributed by atoms with E-state index in [0.29, 0.717) is 6.42 Å². The third kappa shape index (κ3) is 4.56. The predicted molar refractivity (Wildman–Crippen MR) is 66.2 cm³/mol. The standard InChI is InChI=1S/C13H14F3NO3/c1-3-11(12(18)19-2)20-17-8-9-5-4-6-10(7-9)13(14,15)16/h4-8,11H,3H2,1-2H3. The highest BCUT2D eigenvalue weighted by molar-refractivity contribution is 5.79. The number of hydrogen-bond acceptors (Lipinski definition) is 4. The molecule has 0 amide bonds. The summed E-state index contributed by atoms with van der Waals surface area (Å²) in [5, 5.41) is 3.51. The van der Waals surface area contributed by atoms with E-state index in [9.17, 15) is 18.0 Å². The number of halogens is 3. The first kappa shape index (κ1) is 16.0. The maximum Gasteiger partial charge on any atom is 0.416 e. The number of nitrogens with zero attached hydrogens (tertiary/aromatic N) is 1. The smallest absolute Gasteiger partial charge is 0.416 e. The zero-order valence-electron chi connectivity index (χ0n) is 11.0. The summed E-state index contributed by atoms with van der Waals surface area (Å²) in [6.07, 6.45) is -3.84. The van der Waals surface area contributed by atoms with E-state index < -0.39 is 23.8 Å². The molecule has 1 rings (SSSR count). The van der Waals surface area contributed by atoms with Crippen molar-refractivity contribution >= 4 is 12.2 Å². The Morgan fingerprint density at radius 2 is 2.15 bits per heavy atom. The zero-order chi connectivity index (χ0) is 15.2. The summed E-state index contributed by atoms with van der Waals surface area (Å²) in [4.78, 5) is 16.1. The molecule has 0 saturated carbocycles. The van der Waals surface area contributed by atoms with Gasteiger partial charge in [-0.15, -0.1) is 0 Å². The predicted octanol–water partition coefficient (Wildman–Crippen LogP) is 3.01. The van der Waals surface area contributed by atoms with Crippen LogP contribution in [0.5, 0.6) is 0 Å². The van der Waals surface area contributed by atoms with Crippen LogP contribution in [0.2, 0.25) is 0 Å². The topological polar surface area (TPSA) is 47.9 Å². The maximum atomic E-state index is 12.5. The molecule has 0 heterocycles. The van der Waals surface area contributed by atoms with E-state index in [1.54, 1.807) is 6.92 Å². The minimum Gasteiger partial charge on any atom is -0.466 e. The van der Waals surface area contributed by atoms with E-state index in [2.05, 4.69) is 9.89 Å². The molecule has 110 valence electrons. The molecule has 0 radical (unpaired) electrons. The Hall–Kier alpha value is -2.05. The molecule has 1 aromatic rings. The number of rotatable bonds is 5. The van der Waals surface area contributed by atoms with E-state index in [1.807, 2.05) is 0 Å². The van der Waals surface area contributed by atoms with Crippen LogP contribution in [0.3, 0.4) is 0 Å². The van der Waals surface area contributed by atoms with Gasteiger partial charge in [0.1, 0.15) is 0 Å². The van der Waals surface area contributed by atoms with Gasteiger partial charge in [-0.25, -0.2) is 4.79 Å². The number of carbonyl (C=O) groups excluding carboxylic acids is 1. The Morgan fingerprint density at radius 3 is 2.70 bits per heavy atom. The summed E-state index contributed by atoms with van der Waals surface area (Å²) in [5.41, 5.74) is -0.555. The minimum atomic E-state index is -4.41. The molecular formula is C13H14F3NO3. The fourth-order valence-electron chi connectivity index (χ4n) is 1.38. The number of methoxy groups -OCH3 is 1. The van der Waals surface area contributed by atoms with Crippen LogP contribution < -0.4 is 0 Å². The van der Waals surface area contributed by atoms with Gasteiger partial charge in [0.2, 0.25) is 6.10 Å². The van der Waals surface area contributed by atoms with Crippen LogP contribution in [0, 0.1) is 0 Å². The highest BCUT2D eigenvalue weighted by atomic mass is 19.4. The van der Waals surface area contributed by atoms with E-state index in [4.69, 9.17) is 4.84 Å². The molecule has 0 aliphatic rings. The molecule has 1 aromatic carbocycles. The first-order valence-electron chi connectivity index (χ1n) is 5.82. The highest BCUT2D eigenvalue weighted by Crippen LogP contribution is 2.29. The van der Waals surface area contributed by atoms with Crippen molar-refractivity contribution in [1.82, 2.24) is 0 Å². The Bertz CT molecular complexity index is 486.